The van der Waals surface area contributed by atoms with Crippen LogP contribution in [-0.2, 0) is 65.0 Å². The van der Waals surface area contributed by atoms with Gasteiger partial charge in [-0.25, -0.2) is 9.78 Å². The number of fused-ring (bicyclic) bond motifs is 7. The second-order valence-electron chi connectivity index (χ2n) is 15.5. The number of carbonyl (C=O) groups excluding carboxylic acids is 5. The first-order valence-electron chi connectivity index (χ1n) is 20.4. The normalized spacial score (nSPS) is 18.3. The van der Waals surface area contributed by atoms with Crippen LogP contribution < -0.4 is 42.0 Å². The highest BCUT2D eigenvalue weighted by atomic mass is 16.7. The van der Waals surface area contributed by atoms with Crippen molar-refractivity contribution in [2.45, 2.75) is 76.2 Å². The maximum Gasteiger partial charge on any atom is 0.343 e. The van der Waals surface area contributed by atoms with E-state index in [1.807, 2.05) is 24.3 Å². The summed E-state index contributed by atoms with van der Waals surface area (Å²) in [6, 6.07) is 11.6. The van der Waals surface area contributed by atoms with Gasteiger partial charge < -0.3 is 55.6 Å². The lowest BCUT2D eigenvalue weighted by atomic mass is 9.77. The molecule has 7 N–H and O–H groups in total. The number of benzene rings is 2. The fourth-order valence-electron chi connectivity index (χ4n) is 8.72. The fraction of sp³-hybridized carbons (Fsp3) is 0.419. The lowest BCUT2D eigenvalue weighted by Gasteiger charge is -2.31. The predicted molar refractivity (Wildman–Crippen MR) is 217 cm³/mol. The molecular weight excluding hydrogens is 791 g/mol. The third kappa shape index (κ3) is 8.01. The number of pyridine rings is 2. The van der Waals surface area contributed by atoms with Crippen molar-refractivity contribution >= 4 is 40.5 Å². The molecule has 1 aliphatic carbocycles. The number of cyclic esters (lactones) is 1. The van der Waals surface area contributed by atoms with Crippen molar-refractivity contribution < 1.29 is 48.0 Å². The molecule has 4 aromatic rings. The molecule has 18 heteroatoms. The summed E-state index contributed by atoms with van der Waals surface area (Å²) in [5, 5.41) is 22.5. The summed E-state index contributed by atoms with van der Waals surface area (Å²) in [5.41, 5.74) is 9.15. The van der Waals surface area contributed by atoms with Crippen LogP contribution in [0, 0.1) is 0 Å². The number of amides is 4. The van der Waals surface area contributed by atoms with Crippen LogP contribution in [0.15, 0.2) is 47.3 Å². The van der Waals surface area contributed by atoms with Gasteiger partial charge in [0.25, 0.3) is 5.56 Å². The number of aliphatic hydroxyl groups is 1. The van der Waals surface area contributed by atoms with Crippen molar-refractivity contribution in [3.8, 4) is 22.9 Å². The van der Waals surface area contributed by atoms with Gasteiger partial charge in [-0.2, -0.15) is 0 Å². The van der Waals surface area contributed by atoms with E-state index in [-0.39, 0.29) is 81.8 Å². The van der Waals surface area contributed by atoms with Crippen LogP contribution in [-0.4, -0.2) is 90.1 Å². The maximum absolute atomic E-state index is 14.0. The Labute approximate surface area is 349 Å². The number of hydrogen-bond acceptors (Lipinski definition) is 13. The molecule has 5 heterocycles. The number of aryl methyl sites for hydroxylation is 1. The standard InChI is InChI=1S/C43H47N7O11/c1-2-43(57)28-14-31-38-26(19-50(31)41(55)27(28)20-59-42(43)56)36-24(10-11-25-37(36)29(49-38)15-32-39(25)61-22-60-32)9-6-12-58-21-47-34(52)17-46-40(54)30(13-23-7-4-3-5-8-23)48-35(53)18-45-33(51)16-44/h3-5,7-8,14-15,24,30,57H,2,6,9-13,16-22,44H2,1H3,(H,45,51)(H,46,54)(H,47,52)(H,48,53)/t24-,30-,43-/m0/s1. The first kappa shape index (κ1) is 41.4. The van der Waals surface area contributed by atoms with E-state index in [0.717, 1.165) is 46.9 Å². The Morgan fingerprint density at radius 2 is 1.80 bits per heavy atom. The molecule has 8 rings (SSSR count). The molecule has 18 nitrogen and oxygen atoms in total. The second-order valence-corrected chi connectivity index (χ2v) is 15.5. The van der Waals surface area contributed by atoms with Crippen molar-refractivity contribution in [2.75, 3.05) is 39.8 Å². The number of esters is 1. The Morgan fingerprint density at radius 3 is 2.59 bits per heavy atom. The van der Waals surface area contributed by atoms with E-state index >= 15 is 0 Å². The molecule has 61 heavy (non-hydrogen) atoms. The summed E-state index contributed by atoms with van der Waals surface area (Å²) >= 11 is 0. The van der Waals surface area contributed by atoms with Gasteiger partial charge in [-0.3, -0.25) is 24.0 Å². The van der Waals surface area contributed by atoms with E-state index in [2.05, 4.69) is 21.3 Å². The Bertz CT molecular complexity index is 2490. The second kappa shape index (κ2) is 17.3. The first-order chi connectivity index (χ1) is 29.5. The Morgan fingerprint density at radius 1 is 1.00 bits per heavy atom. The molecule has 0 saturated carbocycles. The average Bonchev–Trinajstić information content (AvgIpc) is 3.90. The number of carbonyl (C=O) groups is 5. The van der Waals surface area contributed by atoms with Gasteiger partial charge in [0.2, 0.25) is 30.4 Å². The van der Waals surface area contributed by atoms with E-state index in [0.29, 0.717) is 41.4 Å². The minimum atomic E-state index is -1.94. The molecule has 3 atom stereocenters. The lowest BCUT2D eigenvalue weighted by Crippen LogP contribution is -2.52. The zero-order valence-electron chi connectivity index (χ0n) is 33.6. The van der Waals surface area contributed by atoms with Crippen LogP contribution in [0.1, 0.15) is 71.9 Å². The quantitative estimate of drug-likeness (QED) is 0.0454. The van der Waals surface area contributed by atoms with Gasteiger partial charge in [0.05, 0.1) is 48.6 Å². The molecule has 2 aromatic heterocycles. The molecule has 0 spiro atoms. The molecule has 2 aromatic carbocycles. The topological polar surface area (TPSA) is 252 Å². The maximum atomic E-state index is 14.0. The van der Waals surface area contributed by atoms with Gasteiger partial charge in [-0.1, -0.05) is 37.3 Å². The summed E-state index contributed by atoms with van der Waals surface area (Å²) in [6.07, 6.45) is 3.10. The van der Waals surface area contributed by atoms with Gasteiger partial charge in [0.1, 0.15) is 19.4 Å². The molecule has 4 amide bonds. The zero-order valence-corrected chi connectivity index (χ0v) is 33.6. The van der Waals surface area contributed by atoms with E-state index in [1.165, 1.54) is 0 Å². The Balaban J connectivity index is 0.907. The first-order valence-corrected chi connectivity index (χ1v) is 20.4. The summed E-state index contributed by atoms with van der Waals surface area (Å²) in [5.74, 6) is -1.56. The number of aromatic nitrogens is 2. The third-order valence-electron chi connectivity index (χ3n) is 11.8. The van der Waals surface area contributed by atoms with Crippen molar-refractivity contribution in [3.05, 3.63) is 86.2 Å². The van der Waals surface area contributed by atoms with Crippen molar-refractivity contribution in [1.82, 2.24) is 30.8 Å². The molecule has 320 valence electrons. The van der Waals surface area contributed by atoms with Crippen molar-refractivity contribution in [2.24, 2.45) is 5.73 Å². The number of hydrogen-bond donors (Lipinski definition) is 6. The van der Waals surface area contributed by atoms with Crippen LogP contribution in [0.4, 0.5) is 0 Å². The summed E-state index contributed by atoms with van der Waals surface area (Å²) in [7, 11) is 0. The van der Waals surface area contributed by atoms with Crippen LogP contribution >= 0.6 is 0 Å². The van der Waals surface area contributed by atoms with Crippen LogP contribution in [0.25, 0.3) is 22.3 Å². The number of ether oxygens (including phenoxy) is 4. The van der Waals surface area contributed by atoms with E-state index in [9.17, 15) is 33.9 Å². The zero-order chi connectivity index (χ0) is 42.8. The fourth-order valence-corrected chi connectivity index (χ4v) is 8.72. The van der Waals surface area contributed by atoms with Crippen LogP contribution in [0.2, 0.25) is 0 Å². The Hall–Kier alpha value is -6.37. The van der Waals surface area contributed by atoms with Crippen LogP contribution in [0.3, 0.4) is 0 Å². The summed E-state index contributed by atoms with van der Waals surface area (Å²) < 4.78 is 24.4. The highest BCUT2D eigenvalue weighted by Gasteiger charge is 2.46. The highest BCUT2D eigenvalue weighted by molar-refractivity contribution is 5.96. The monoisotopic (exact) mass is 837 g/mol. The number of nitrogens with one attached hydrogen (secondary N) is 4. The van der Waals surface area contributed by atoms with Gasteiger partial charge in [0.15, 0.2) is 17.1 Å². The molecule has 0 fully saturated rings. The molecule has 0 unspecified atom stereocenters. The van der Waals surface area contributed by atoms with E-state index < -0.39 is 41.2 Å². The largest absolute Gasteiger partial charge is 0.458 e. The molecule has 3 aliphatic heterocycles. The van der Waals surface area contributed by atoms with Gasteiger partial charge in [-0.05, 0) is 55.2 Å². The van der Waals surface area contributed by atoms with Crippen molar-refractivity contribution in [1.29, 1.82) is 0 Å². The number of nitrogens with two attached hydrogens (primary N) is 1. The Kier molecular flexibility index (Phi) is 11.7. The minimum absolute atomic E-state index is 0.0407. The average molecular weight is 838 g/mol. The van der Waals surface area contributed by atoms with Crippen LogP contribution in [0.5, 0.6) is 11.5 Å². The summed E-state index contributed by atoms with van der Waals surface area (Å²) in [4.78, 5) is 81.6. The van der Waals surface area contributed by atoms with E-state index in [4.69, 9.17) is 29.7 Å². The van der Waals surface area contributed by atoms with Gasteiger partial charge in [-0.15, -0.1) is 0 Å². The van der Waals surface area contributed by atoms with E-state index in [1.54, 1.807) is 29.7 Å². The smallest absolute Gasteiger partial charge is 0.343 e. The highest BCUT2D eigenvalue weighted by Crippen LogP contribution is 2.51. The molecule has 0 radical (unpaired) electrons. The predicted octanol–water partition coefficient (Wildman–Crippen LogP) is 0.627. The number of nitrogens with zero attached hydrogens (tertiary/aromatic N) is 2. The third-order valence-corrected chi connectivity index (χ3v) is 11.8. The molecule has 4 aliphatic rings. The molecule has 0 saturated heterocycles. The SMILES string of the molecule is CC[C@@]1(O)C(=O)OCc2c1cc1n(c2=O)Cc2c-1nc1cc3c(c4c1c2[C@@H](CCCOCNC(=O)CNC(=O)[C@H](Cc1ccccc1)NC(=O)CNC(=O)CN)CC4)OCO3. The molecular formula is C43H47N7O11. The minimum Gasteiger partial charge on any atom is -0.458 e. The van der Waals surface area contributed by atoms with Gasteiger partial charge >= 0.3 is 5.97 Å². The lowest BCUT2D eigenvalue weighted by molar-refractivity contribution is -0.172. The molecule has 0 bridgehead atoms. The number of rotatable bonds is 16. The van der Waals surface area contributed by atoms with Crippen molar-refractivity contribution in [3.63, 3.8) is 0 Å². The summed E-state index contributed by atoms with van der Waals surface area (Å²) in [6.45, 7) is 1.07. The van der Waals surface area contributed by atoms with Gasteiger partial charge in [0, 0.05) is 41.2 Å².